The number of amides is 2. The molecule has 0 bridgehead atoms. The Morgan fingerprint density at radius 2 is 2.00 bits per heavy atom. The lowest BCUT2D eigenvalue weighted by molar-refractivity contribution is -0.120. The van der Waals surface area contributed by atoms with E-state index in [2.05, 4.69) is 15.6 Å². The smallest absolute Gasteiger partial charge is 0.253 e. The van der Waals surface area contributed by atoms with Gasteiger partial charge in [0.2, 0.25) is 5.91 Å². The van der Waals surface area contributed by atoms with E-state index in [0.29, 0.717) is 16.1 Å². The first kappa shape index (κ1) is 17.1. The first-order chi connectivity index (χ1) is 11.0. The first-order valence-electron chi connectivity index (χ1n) is 6.59. The van der Waals surface area contributed by atoms with Crippen LogP contribution in [0.4, 0.5) is 0 Å². The molecule has 6 nitrogen and oxygen atoms in total. The number of rotatable bonds is 5. The van der Waals surface area contributed by atoms with Gasteiger partial charge in [0.25, 0.3) is 5.91 Å². The van der Waals surface area contributed by atoms with E-state index in [1.54, 1.807) is 18.3 Å². The van der Waals surface area contributed by atoms with Gasteiger partial charge >= 0.3 is 0 Å². The minimum atomic E-state index is -0.419. The maximum absolute atomic E-state index is 11.8. The van der Waals surface area contributed by atoms with Crippen molar-refractivity contribution in [2.45, 2.75) is 6.54 Å². The normalized spacial score (nSPS) is 10.2. The van der Waals surface area contributed by atoms with Gasteiger partial charge in [0.1, 0.15) is 5.75 Å². The largest absolute Gasteiger partial charge is 0.506 e. The lowest BCUT2D eigenvalue weighted by Gasteiger charge is -2.09. The van der Waals surface area contributed by atoms with Gasteiger partial charge in [-0.25, -0.2) is 0 Å². The highest BCUT2D eigenvalue weighted by Gasteiger charge is 2.11. The van der Waals surface area contributed by atoms with Gasteiger partial charge in [-0.2, -0.15) is 0 Å². The summed E-state index contributed by atoms with van der Waals surface area (Å²) in [6.45, 7) is -0.170. The molecule has 8 heteroatoms. The lowest BCUT2D eigenvalue weighted by Crippen LogP contribution is -2.36. The molecule has 0 unspecified atom stereocenters. The number of pyridine rings is 1. The van der Waals surface area contributed by atoms with Crippen LogP contribution in [0.2, 0.25) is 10.0 Å². The van der Waals surface area contributed by atoms with Crippen LogP contribution in [0, 0.1) is 0 Å². The Balaban J connectivity index is 1.85. The molecule has 0 aliphatic heterocycles. The molecule has 0 spiro atoms. The second-order valence-corrected chi connectivity index (χ2v) is 5.44. The molecule has 0 atom stereocenters. The summed E-state index contributed by atoms with van der Waals surface area (Å²) in [5.41, 5.74) is 0.744. The molecule has 0 radical (unpaired) electrons. The number of aromatic hydroxyl groups is 1. The van der Waals surface area contributed by atoms with Crippen molar-refractivity contribution in [3.05, 3.63) is 57.8 Å². The van der Waals surface area contributed by atoms with Crippen molar-refractivity contribution in [2.24, 2.45) is 0 Å². The quantitative estimate of drug-likeness (QED) is 0.767. The second kappa shape index (κ2) is 7.80. The Morgan fingerprint density at radius 3 is 2.70 bits per heavy atom. The number of halogens is 2. The fraction of sp³-hybridized carbons (Fsp3) is 0.133. The second-order valence-electron chi connectivity index (χ2n) is 4.60. The van der Waals surface area contributed by atoms with Gasteiger partial charge < -0.3 is 15.7 Å². The number of carbonyl (C=O) groups excluding carboxylic acids is 2. The van der Waals surface area contributed by atoms with Crippen LogP contribution in [0.1, 0.15) is 15.9 Å². The fourth-order valence-corrected chi connectivity index (χ4v) is 2.31. The summed E-state index contributed by atoms with van der Waals surface area (Å²) >= 11 is 11.6. The summed E-state index contributed by atoms with van der Waals surface area (Å²) < 4.78 is 0. The predicted molar refractivity (Wildman–Crippen MR) is 86.5 cm³/mol. The van der Waals surface area contributed by atoms with Gasteiger partial charge in [0.15, 0.2) is 0 Å². The summed E-state index contributed by atoms with van der Waals surface area (Å²) in [5.74, 6) is -0.963. The number of phenols is 1. The molecule has 1 heterocycles. The number of hydrogen-bond donors (Lipinski definition) is 3. The van der Waals surface area contributed by atoms with E-state index in [9.17, 15) is 14.7 Å². The molecule has 0 saturated carbocycles. The summed E-state index contributed by atoms with van der Waals surface area (Å²) in [7, 11) is 0. The zero-order valence-corrected chi connectivity index (χ0v) is 13.4. The van der Waals surface area contributed by atoms with Gasteiger partial charge in [-0.3, -0.25) is 14.6 Å². The minimum Gasteiger partial charge on any atom is -0.506 e. The van der Waals surface area contributed by atoms with E-state index in [4.69, 9.17) is 23.2 Å². The zero-order valence-electron chi connectivity index (χ0n) is 11.8. The third-order valence-corrected chi connectivity index (χ3v) is 3.42. The highest BCUT2D eigenvalue weighted by Crippen LogP contribution is 2.30. The number of hydrogen-bond acceptors (Lipinski definition) is 4. The van der Waals surface area contributed by atoms with Crippen LogP contribution in [0.25, 0.3) is 0 Å². The highest BCUT2D eigenvalue weighted by atomic mass is 35.5. The van der Waals surface area contributed by atoms with Gasteiger partial charge in [0, 0.05) is 29.5 Å². The van der Waals surface area contributed by atoms with Crippen molar-refractivity contribution >= 4 is 35.0 Å². The number of aromatic nitrogens is 1. The highest BCUT2D eigenvalue weighted by molar-refractivity contribution is 6.35. The molecular weight excluding hydrogens is 341 g/mol. The molecule has 1 aromatic heterocycles. The van der Waals surface area contributed by atoms with E-state index < -0.39 is 11.8 Å². The summed E-state index contributed by atoms with van der Waals surface area (Å²) in [6.07, 6.45) is 2.95. The number of benzene rings is 1. The van der Waals surface area contributed by atoms with Crippen molar-refractivity contribution in [2.75, 3.05) is 6.54 Å². The lowest BCUT2D eigenvalue weighted by atomic mass is 10.2. The topological polar surface area (TPSA) is 91.3 Å². The van der Waals surface area contributed by atoms with E-state index in [-0.39, 0.29) is 23.9 Å². The maximum atomic E-state index is 11.8. The van der Waals surface area contributed by atoms with Crippen LogP contribution >= 0.6 is 23.2 Å². The number of phenolic OH excluding ortho intramolecular Hbond substituents is 1. The average Bonchev–Trinajstić information content (AvgIpc) is 2.55. The van der Waals surface area contributed by atoms with E-state index >= 15 is 0 Å². The Bertz CT molecular complexity index is 723. The SMILES string of the molecule is O=C(CNC(=O)c1cccnc1)NCc1cc(Cl)cc(Cl)c1O. The van der Waals surface area contributed by atoms with Crippen molar-refractivity contribution < 1.29 is 14.7 Å². The third-order valence-electron chi connectivity index (χ3n) is 2.92. The van der Waals surface area contributed by atoms with Gasteiger partial charge in [-0.05, 0) is 24.3 Å². The Morgan fingerprint density at radius 1 is 1.22 bits per heavy atom. The molecule has 2 rings (SSSR count). The van der Waals surface area contributed by atoms with Crippen LogP contribution in [0.3, 0.4) is 0 Å². The minimum absolute atomic E-state index is 0.0354. The number of carbonyl (C=O) groups is 2. The molecule has 0 fully saturated rings. The maximum Gasteiger partial charge on any atom is 0.253 e. The molecule has 2 aromatic rings. The van der Waals surface area contributed by atoms with Crippen LogP contribution in [0.15, 0.2) is 36.7 Å². The molecule has 2 amide bonds. The molecular formula is C15H13Cl2N3O3. The monoisotopic (exact) mass is 353 g/mol. The average molecular weight is 354 g/mol. The Hall–Kier alpha value is -2.31. The number of nitrogens with one attached hydrogen (secondary N) is 2. The fourth-order valence-electron chi connectivity index (χ4n) is 1.77. The van der Waals surface area contributed by atoms with Crippen molar-refractivity contribution in [1.82, 2.24) is 15.6 Å². The van der Waals surface area contributed by atoms with Crippen LogP contribution in [-0.2, 0) is 11.3 Å². The van der Waals surface area contributed by atoms with E-state index in [1.807, 2.05) is 0 Å². The third kappa shape index (κ3) is 4.84. The molecule has 120 valence electrons. The zero-order chi connectivity index (χ0) is 16.8. The van der Waals surface area contributed by atoms with E-state index in [0.717, 1.165) is 0 Å². The van der Waals surface area contributed by atoms with Gasteiger partial charge in [-0.1, -0.05) is 23.2 Å². The van der Waals surface area contributed by atoms with Crippen LogP contribution in [-0.4, -0.2) is 28.4 Å². The summed E-state index contributed by atoms with van der Waals surface area (Å²) in [5, 5.41) is 15.3. The molecule has 23 heavy (non-hydrogen) atoms. The van der Waals surface area contributed by atoms with Gasteiger partial charge in [0.05, 0.1) is 17.1 Å². The van der Waals surface area contributed by atoms with Gasteiger partial charge in [-0.15, -0.1) is 0 Å². The summed E-state index contributed by atoms with van der Waals surface area (Å²) in [4.78, 5) is 27.3. The van der Waals surface area contributed by atoms with E-state index in [1.165, 1.54) is 18.3 Å². The molecule has 0 aliphatic carbocycles. The first-order valence-corrected chi connectivity index (χ1v) is 7.35. The Kier molecular flexibility index (Phi) is 5.78. The summed E-state index contributed by atoms with van der Waals surface area (Å²) in [6, 6.07) is 6.11. The molecule has 3 N–H and O–H groups in total. The van der Waals surface area contributed by atoms with Crippen molar-refractivity contribution in [3.8, 4) is 5.75 Å². The molecule has 1 aromatic carbocycles. The van der Waals surface area contributed by atoms with Crippen molar-refractivity contribution in [1.29, 1.82) is 0 Å². The predicted octanol–water partition coefficient (Wildman–Crippen LogP) is 2.14. The van der Waals surface area contributed by atoms with Crippen molar-refractivity contribution in [3.63, 3.8) is 0 Å². The molecule has 0 aliphatic rings. The standard InChI is InChI=1S/C15H13Cl2N3O3/c16-11-4-10(14(22)12(17)5-11)7-19-13(21)8-20-15(23)9-2-1-3-18-6-9/h1-6,22H,7-8H2,(H,19,21)(H,20,23). The Labute approximate surface area is 142 Å². The number of nitrogens with zero attached hydrogens (tertiary/aromatic N) is 1. The van der Waals surface area contributed by atoms with Crippen LogP contribution in [0.5, 0.6) is 5.75 Å². The van der Waals surface area contributed by atoms with Crippen LogP contribution < -0.4 is 10.6 Å². The molecule has 0 saturated heterocycles.